The molecule has 0 aliphatic rings. The lowest BCUT2D eigenvalue weighted by Gasteiger charge is -2.17. The van der Waals surface area contributed by atoms with Crippen LogP contribution in [-0.2, 0) is 0 Å². The molecule has 0 aliphatic heterocycles. The number of benzene rings is 5. The van der Waals surface area contributed by atoms with Crippen LogP contribution in [0.5, 0.6) is 0 Å². The first-order valence-electron chi connectivity index (χ1n) is 13.4. The van der Waals surface area contributed by atoms with Gasteiger partial charge in [0.2, 0.25) is 0 Å². The highest BCUT2D eigenvalue weighted by atomic mass is 14.6. The summed E-state index contributed by atoms with van der Waals surface area (Å²) in [6.07, 6.45) is 11.2. The Hall–Kier alpha value is -5.41. The zero-order valence-electron chi connectivity index (χ0n) is 21.6. The molecule has 0 amide bonds. The first-order valence-corrected chi connectivity index (χ1v) is 13.4. The van der Waals surface area contributed by atoms with Gasteiger partial charge < -0.3 is 0 Å². The quantitative estimate of drug-likeness (QED) is 0.222. The zero-order valence-corrected chi connectivity index (χ0v) is 21.6. The maximum Gasteiger partial charge on any atom is 0.0346 e. The van der Waals surface area contributed by atoms with Crippen molar-refractivity contribution in [1.82, 2.24) is 15.0 Å². The highest BCUT2D eigenvalue weighted by molar-refractivity contribution is 6.27. The van der Waals surface area contributed by atoms with E-state index >= 15 is 0 Å². The van der Waals surface area contributed by atoms with E-state index in [1.165, 1.54) is 54.6 Å². The number of nitrogens with zero attached hydrogens (tertiary/aromatic N) is 3. The number of hydrogen-bond donors (Lipinski definition) is 0. The van der Waals surface area contributed by atoms with Crippen molar-refractivity contribution in [3.8, 4) is 44.5 Å². The average Bonchev–Trinajstić information content (AvgIpc) is 3.04. The van der Waals surface area contributed by atoms with E-state index in [0.717, 1.165) is 22.3 Å². The smallest absolute Gasteiger partial charge is 0.0346 e. The Morgan fingerprint density at radius 3 is 1.38 bits per heavy atom. The summed E-state index contributed by atoms with van der Waals surface area (Å²) >= 11 is 0. The van der Waals surface area contributed by atoms with Crippen molar-refractivity contribution in [3.05, 3.63) is 140 Å². The summed E-state index contributed by atoms with van der Waals surface area (Å²) in [5.74, 6) is 0. The van der Waals surface area contributed by atoms with Crippen molar-refractivity contribution >= 4 is 32.3 Å². The molecule has 40 heavy (non-hydrogen) atoms. The van der Waals surface area contributed by atoms with Crippen LogP contribution in [0.1, 0.15) is 0 Å². The van der Waals surface area contributed by atoms with Gasteiger partial charge in [-0.25, -0.2) is 0 Å². The summed E-state index contributed by atoms with van der Waals surface area (Å²) in [5, 5.41) is 7.63. The molecule has 0 N–H and O–H groups in total. The largest absolute Gasteiger partial charge is 0.265 e. The molecule has 8 rings (SSSR count). The predicted molar refractivity (Wildman–Crippen MR) is 165 cm³/mol. The Morgan fingerprint density at radius 1 is 0.350 bits per heavy atom. The Labute approximate surface area is 231 Å². The van der Waals surface area contributed by atoms with Crippen LogP contribution in [0.3, 0.4) is 0 Å². The van der Waals surface area contributed by atoms with E-state index in [1.54, 1.807) is 0 Å². The molecule has 8 aromatic rings. The third kappa shape index (κ3) is 3.63. The van der Waals surface area contributed by atoms with Crippen LogP contribution in [0.4, 0.5) is 0 Å². The van der Waals surface area contributed by atoms with Gasteiger partial charge in [-0.2, -0.15) is 0 Å². The zero-order chi connectivity index (χ0) is 26.5. The van der Waals surface area contributed by atoms with Crippen molar-refractivity contribution in [3.63, 3.8) is 0 Å². The molecule has 0 radical (unpaired) electrons. The van der Waals surface area contributed by atoms with Gasteiger partial charge in [0.15, 0.2) is 0 Å². The van der Waals surface area contributed by atoms with Gasteiger partial charge in [0.1, 0.15) is 0 Å². The topological polar surface area (TPSA) is 38.7 Å². The minimum atomic E-state index is 1.09. The third-order valence-corrected chi connectivity index (χ3v) is 7.89. The summed E-state index contributed by atoms with van der Waals surface area (Å²) < 4.78 is 0. The number of rotatable bonds is 4. The van der Waals surface area contributed by atoms with E-state index in [-0.39, 0.29) is 0 Å². The molecule has 0 aliphatic carbocycles. The van der Waals surface area contributed by atoms with Crippen LogP contribution < -0.4 is 0 Å². The summed E-state index contributed by atoms with van der Waals surface area (Å²) in [6.45, 7) is 0. The fraction of sp³-hybridized carbons (Fsp3) is 0. The molecule has 0 saturated heterocycles. The van der Waals surface area contributed by atoms with E-state index in [9.17, 15) is 0 Å². The summed E-state index contributed by atoms with van der Waals surface area (Å²) in [6, 6.07) is 37.2. The van der Waals surface area contributed by atoms with Crippen LogP contribution in [0.25, 0.3) is 76.8 Å². The molecule has 186 valence electrons. The predicted octanol–water partition coefficient (Wildman–Crippen LogP) is 9.44. The first-order chi connectivity index (χ1) is 19.8. The lowest BCUT2D eigenvalue weighted by atomic mass is 9.86. The van der Waals surface area contributed by atoms with Crippen molar-refractivity contribution in [2.24, 2.45) is 0 Å². The van der Waals surface area contributed by atoms with Gasteiger partial charge in [-0.1, -0.05) is 60.7 Å². The minimum Gasteiger partial charge on any atom is -0.265 e. The van der Waals surface area contributed by atoms with Gasteiger partial charge >= 0.3 is 0 Å². The Bertz CT molecular complexity index is 2080. The molecule has 0 unspecified atom stereocenters. The van der Waals surface area contributed by atoms with Crippen LogP contribution in [-0.4, -0.2) is 15.0 Å². The fourth-order valence-electron chi connectivity index (χ4n) is 6.02. The number of pyridine rings is 3. The van der Waals surface area contributed by atoms with Crippen molar-refractivity contribution in [2.45, 2.75) is 0 Å². The second-order valence-electron chi connectivity index (χ2n) is 10.2. The fourth-order valence-corrected chi connectivity index (χ4v) is 6.02. The van der Waals surface area contributed by atoms with Crippen LogP contribution in [0.2, 0.25) is 0 Å². The van der Waals surface area contributed by atoms with Gasteiger partial charge in [0, 0.05) is 48.3 Å². The van der Waals surface area contributed by atoms with E-state index in [0.29, 0.717) is 0 Å². The highest BCUT2D eigenvalue weighted by Crippen LogP contribution is 2.43. The molecule has 0 atom stereocenters. The lowest BCUT2D eigenvalue weighted by molar-refractivity contribution is 1.32. The molecule has 0 spiro atoms. The second-order valence-corrected chi connectivity index (χ2v) is 10.2. The SMILES string of the molecule is c1cncc(-c2cc(-c3cccnc3)cc(-c3ccc4ccc5ccc(-c6ccncc6)c6ccc3c4c56)c2)c1. The van der Waals surface area contributed by atoms with Gasteiger partial charge in [-0.15, -0.1) is 0 Å². The molecular formula is C37H23N3. The van der Waals surface area contributed by atoms with E-state index in [2.05, 4.69) is 106 Å². The standard InChI is InChI=1S/C37H23N3/c1-3-27(22-39-15-1)29-19-30(28-4-2-16-40-23-28)21-31(20-29)33-10-8-26-6-5-25-7-9-32(24-13-17-38-18-14-24)34-11-12-35(33)37(26)36(25)34/h1-23H. The normalized spacial score (nSPS) is 11.5. The van der Waals surface area contributed by atoms with Crippen LogP contribution in [0, 0.1) is 0 Å². The third-order valence-electron chi connectivity index (χ3n) is 7.89. The molecule has 3 nitrogen and oxygen atoms in total. The monoisotopic (exact) mass is 509 g/mol. The molecule has 0 fully saturated rings. The van der Waals surface area contributed by atoms with E-state index in [4.69, 9.17) is 0 Å². The minimum absolute atomic E-state index is 1.09. The second kappa shape index (κ2) is 9.11. The summed E-state index contributed by atoms with van der Waals surface area (Å²) in [5.41, 5.74) is 9.25. The lowest BCUT2D eigenvalue weighted by Crippen LogP contribution is -1.91. The van der Waals surface area contributed by atoms with Crippen LogP contribution >= 0.6 is 0 Å². The summed E-state index contributed by atoms with van der Waals surface area (Å²) in [4.78, 5) is 13.0. The van der Waals surface area contributed by atoms with E-state index < -0.39 is 0 Å². The first kappa shape index (κ1) is 22.6. The molecule has 0 saturated carbocycles. The van der Waals surface area contributed by atoms with Gasteiger partial charge in [-0.05, 0) is 108 Å². The number of hydrogen-bond acceptors (Lipinski definition) is 3. The maximum atomic E-state index is 4.39. The molecule has 3 aromatic heterocycles. The van der Waals surface area contributed by atoms with Crippen LogP contribution in [0.15, 0.2) is 140 Å². The van der Waals surface area contributed by atoms with Crippen molar-refractivity contribution in [2.75, 3.05) is 0 Å². The molecule has 0 bridgehead atoms. The average molecular weight is 510 g/mol. The van der Waals surface area contributed by atoms with Gasteiger partial charge in [0.25, 0.3) is 0 Å². The van der Waals surface area contributed by atoms with Crippen molar-refractivity contribution in [1.29, 1.82) is 0 Å². The Balaban J connectivity index is 1.42. The molecule has 3 heteroatoms. The Kier molecular flexibility index (Phi) is 5.14. The van der Waals surface area contributed by atoms with Gasteiger partial charge in [-0.3, -0.25) is 15.0 Å². The summed E-state index contributed by atoms with van der Waals surface area (Å²) in [7, 11) is 0. The molecular weight excluding hydrogens is 486 g/mol. The Morgan fingerprint density at radius 2 is 0.850 bits per heavy atom. The van der Waals surface area contributed by atoms with E-state index in [1.807, 2.05) is 49.3 Å². The highest BCUT2D eigenvalue weighted by Gasteiger charge is 2.16. The van der Waals surface area contributed by atoms with Gasteiger partial charge in [0.05, 0.1) is 0 Å². The number of aromatic nitrogens is 3. The molecule has 3 heterocycles. The maximum absolute atomic E-state index is 4.39. The van der Waals surface area contributed by atoms with Crippen molar-refractivity contribution < 1.29 is 0 Å². The molecule has 5 aromatic carbocycles.